The van der Waals surface area contributed by atoms with E-state index in [2.05, 4.69) is 22.6 Å². The Balaban J connectivity index is 2.43. The largest absolute Gasteiger partial charge is 0.493 e. The van der Waals surface area contributed by atoms with Crippen molar-refractivity contribution in [2.24, 2.45) is 0 Å². The van der Waals surface area contributed by atoms with Crippen molar-refractivity contribution in [1.82, 2.24) is 0 Å². The Labute approximate surface area is 136 Å². The van der Waals surface area contributed by atoms with Crippen molar-refractivity contribution in [1.29, 1.82) is 0 Å². The van der Waals surface area contributed by atoms with E-state index in [0.717, 1.165) is 9.13 Å². The molecule has 0 radical (unpaired) electrons. The highest BCUT2D eigenvalue weighted by Gasteiger charge is 2.17. The molecular weight excluding hydrogens is 391 g/mol. The molecule has 0 bridgehead atoms. The molecule has 0 spiro atoms. The molecule has 0 aliphatic rings. The minimum atomic E-state index is -0.806. The lowest BCUT2D eigenvalue weighted by atomic mass is 10.0. The lowest BCUT2D eigenvalue weighted by Crippen LogP contribution is -2.02. The average molecular weight is 405 g/mol. The van der Waals surface area contributed by atoms with Gasteiger partial charge < -0.3 is 14.6 Å². The number of rotatable bonds is 4. The molecule has 106 valence electrons. The highest BCUT2D eigenvalue weighted by atomic mass is 127. The smallest absolute Gasteiger partial charge is 0.162 e. The molecule has 1 atom stereocenters. The zero-order chi connectivity index (χ0) is 14.7. The first-order valence-electron chi connectivity index (χ1n) is 5.91. The van der Waals surface area contributed by atoms with Crippen molar-refractivity contribution in [3.8, 4) is 11.5 Å². The van der Waals surface area contributed by atoms with E-state index in [9.17, 15) is 5.11 Å². The molecule has 2 aromatic carbocycles. The van der Waals surface area contributed by atoms with E-state index < -0.39 is 6.10 Å². The number of hydrogen-bond donors (Lipinski definition) is 1. The Hall–Kier alpha value is -0.980. The number of halogens is 2. The van der Waals surface area contributed by atoms with Gasteiger partial charge in [-0.2, -0.15) is 0 Å². The first-order valence-corrected chi connectivity index (χ1v) is 7.37. The van der Waals surface area contributed by atoms with Crippen molar-refractivity contribution in [2.45, 2.75) is 6.10 Å². The minimum absolute atomic E-state index is 0.439. The summed E-state index contributed by atoms with van der Waals surface area (Å²) >= 11 is 8.43. The summed E-state index contributed by atoms with van der Waals surface area (Å²) in [6, 6.07) is 11.0. The van der Waals surface area contributed by atoms with Gasteiger partial charge in [-0.15, -0.1) is 0 Å². The first-order chi connectivity index (χ1) is 9.56. The van der Waals surface area contributed by atoms with Gasteiger partial charge in [-0.05, 0) is 46.4 Å². The highest BCUT2D eigenvalue weighted by Crippen LogP contribution is 2.37. The molecule has 2 aromatic rings. The summed E-state index contributed by atoms with van der Waals surface area (Å²) in [6.07, 6.45) is -0.806. The molecule has 0 fully saturated rings. The highest BCUT2D eigenvalue weighted by molar-refractivity contribution is 14.1. The first kappa shape index (κ1) is 15.4. The Morgan fingerprint density at radius 1 is 1.05 bits per heavy atom. The Morgan fingerprint density at radius 3 is 2.15 bits per heavy atom. The van der Waals surface area contributed by atoms with Crippen molar-refractivity contribution in [3.63, 3.8) is 0 Å². The molecule has 0 saturated heterocycles. The van der Waals surface area contributed by atoms with Crippen LogP contribution in [0.3, 0.4) is 0 Å². The molecular formula is C15H14ClIO3. The fraction of sp³-hybridized carbons (Fsp3) is 0.200. The maximum atomic E-state index is 10.5. The fourth-order valence-corrected chi connectivity index (χ4v) is 2.52. The molecule has 0 saturated carbocycles. The molecule has 5 heteroatoms. The fourth-order valence-electron chi connectivity index (χ4n) is 1.90. The van der Waals surface area contributed by atoms with Gasteiger partial charge in [-0.3, -0.25) is 0 Å². The van der Waals surface area contributed by atoms with Crippen LogP contribution in [0.2, 0.25) is 5.02 Å². The molecule has 0 heterocycles. The van der Waals surface area contributed by atoms with Crippen LogP contribution in [-0.2, 0) is 0 Å². The number of methoxy groups -OCH3 is 2. The number of hydrogen-bond acceptors (Lipinski definition) is 3. The normalized spacial score (nSPS) is 12.1. The summed E-state index contributed by atoms with van der Waals surface area (Å²) in [5.41, 5.74) is 1.37. The van der Waals surface area contributed by atoms with Gasteiger partial charge in [0.05, 0.1) is 19.2 Å². The zero-order valence-electron chi connectivity index (χ0n) is 11.1. The van der Waals surface area contributed by atoms with E-state index in [1.807, 2.05) is 24.3 Å². The quantitative estimate of drug-likeness (QED) is 0.782. The van der Waals surface area contributed by atoms with E-state index in [0.29, 0.717) is 22.1 Å². The summed E-state index contributed by atoms with van der Waals surface area (Å²) in [5, 5.41) is 10.9. The molecule has 2 rings (SSSR count). The predicted octanol–water partition coefficient (Wildman–Crippen LogP) is 4.04. The van der Waals surface area contributed by atoms with Crippen LogP contribution < -0.4 is 9.47 Å². The van der Waals surface area contributed by atoms with Crippen LogP contribution >= 0.6 is 34.2 Å². The second kappa shape index (κ2) is 6.65. The van der Waals surface area contributed by atoms with E-state index in [-0.39, 0.29) is 0 Å². The average Bonchev–Trinajstić information content (AvgIpc) is 2.47. The van der Waals surface area contributed by atoms with Crippen molar-refractivity contribution < 1.29 is 14.6 Å². The van der Waals surface area contributed by atoms with Crippen LogP contribution in [0.1, 0.15) is 17.2 Å². The van der Waals surface area contributed by atoms with Gasteiger partial charge in [-0.1, -0.05) is 23.7 Å². The number of benzene rings is 2. The third-order valence-electron chi connectivity index (χ3n) is 2.98. The maximum Gasteiger partial charge on any atom is 0.162 e. The summed E-state index contributed by atoms with van der Waals surface area (Å²) in [4.78, 5) is 0. The zero-order valence-corrected chi connectivity index (χ0v) is 14.0. The number of ether oxygens (including phenoxy) is 2. The molecule has 20 heavy (non-hydrogen) atoms. The van der Waals surface area contributed by atoms with Gasteiger partial charge in [0.2, 0.25) is 0 Å². The van der Waals surface area contributed by atoms with Gasteiger partial charge in [-0.25, -0.2) is 0 Å². The minimum Gasteiger partial charge on any atom is -0.493 e. The van der Waals surface area contributed by atoms with Crippen LogP contribution in [0.5, 0.6) is 11.5 Å². The third-order valence-corrected chi connectivity index (χ3v) is 4.03. The van der Waals surface area contributed by atoms with E-state index in [4.69, 9.17) is 21.1 Å². The van der Waals surface area contributed by atoms with Crippen LogP contribution in [-0.4, -0.2) is 19.3 Å². The van der Waals surface area contributed by atoms with Crippen molar-refractivity contribution in [3.05, 3.63) is 56.1 Å². The SMILES string of the molecule is COc1cc(Cl)c(C(O)c2ccc(I)cc2)cc1OC. The monoisotopic (exact) mass is 404 g/mol. The van der Waals surface area contributed by atoms with Crippen LogP contribution in [0, 0.1) is 3.57 Å². The van der Waals surface area contributed by atoms with E-state index >= 15 is 0 Å². The molecule has 1 N–H and O–H groups in total. The van der Waals surface area contributed by atoms with Gasteiger partial charge in [0.25, 0.3) is 0 Å². The molecule has 0 amide bonds. The Kier molecular flexibility index (Phi) is 5.12. The van der Waals surface area contributed by atoms with Gasteiger partial charge in [0, 0.05) is 15.2 Å². The van der Waals surface area contributed by atoms with Gasteiger partial charge >= 0.3 is 0 Å². The topological polar surface area (TPSA) is 38.7 Å². The maximum absolute atomic E-state index is 10.5. The molecule has 0 aromatic heterocycles. The van der Waals surface area contributed by atoms with Gasteiger partial charge in [0.15, 0.2) is 11.5 Å². The van der Waals surface area contributed by atoms with Crippen molar-refractivity contribution >= 4 is 34.2 Å². The molecule has 1 unspecified atom stereocenters. The third kappa shape index (κ3) is 3.19. The van der Waals surface area contributed by atoms with Crippen LogP contribution in [0.15, 0.2) is 36.4 Å². The van der Waals surface area contributed by atoms with Gasteiger partial charge in [0.1, 0.15) is 6.10 Å². The van der Waals surface area contributed by atoms with Crippen LogP contribution in [0.25, 0.3) is 0 Å². The summed E-state index contributed by atoms with van der Waals surface area (Å²) in [5.74, 6) is 1.08. The number of aliphatic hydroxyl groups is 1. The summed E-state index contributed by atoms with van der Waals surface area (Å²) in [7, 11) is 3.09. The molecule has 0 aliphatic carbocycles. The Bertz CT molecular complexity index is 599. The summed E-state index contributed by atoms with van der Waals surface area (Å²) < 4.78 is 11.5. The van der Waals surface area contributed by atoms with E-state index in [1.165, 1.54) is 0 Å². The second-order valence-electron chi connectivity index (χ2n) is 4.18. The standard InChI is InChI=1S/C15H14ClIO3/c1-19-13-7-11(12(16)8-14(13)20-2)15(18)9-3-5-10(17)6-4-9/h3-8,15,18H,1-2H3. The molecule has 0 aliphatic heterocycles. The number of aliphatic hydroxyl groups excluding tert-OH is 1. The lowest BCUT2D eigenvalue weighted by Gasteiger charge is -2.16. The van der Waals surface area contributed by atoms with Crippen molar-refractivity contribution in [2.75, 3.05) is 14.2 Å². The van der Waals surface area contributed by atoms with E-state index in [1.54, 1.807) is 26.4 Å². The van der Waals surface area contributed by atoms with Crippen LogP contribution in [0.4, 0.5) is 0 Å². The molecule has 3 nitrogen and oxygen atoms in total. The predicted molar refractivity (Wildman–Crippen MR) is 87.8 cm³/mol. The second-order valence-corrected chi connectivity index (χ2v) is 5.84. The lowest BCUT2D eigenvalue weighted by molar-refractivity contribution is 0.219. The summed E-state index contributed by atoms with van der Waals surface area (Å²) in [6.45, 7) is 0. The Morgan fingerprint density at radius 2 is 1.60 bits per heavy atom.